The van der Waals surface area contributed by atoms with E-state index in [1.165, 1.54) is 0 Å². The molecule has 1 atom stereocenters. The summed E-state index contributed by atoms with van der Waals surface area (Å²) in [5.41, 5.74) is 0. The molecule has 0 aliphatic heterocycles. The predicted octanol–water partition coefficient (Wildman–Crippen LogP) is -0.574. The van der Waals surface area contributed by atoms with E-state index in [1.54, 1.807) is 18.6 Å². The fourth-order valence-corrected chi connectivity index (χ4v) is 0.649. The fraction of sp³-hybridized carbons (Fsp3) is 1.00. The molecule has 0 saturated heterocycles. The van der Waals surface area contributed by atoms with Crippen molar-refractivity contribution in [3.63, 3.8) is 0 Å². The lowest BCUT2D eigenvalue weighted by atomic mass is 9.86. The summed E-state index contributed by atoms with van der Waals surface area (Å²) in [5, 5.41) is 17.9. The van der Waals surface area contributed by atoms with Crippen molar-refractivity contribution in [1.29, 1.82) is 0 Å². The molecule has 0 aromatic carbocycles. The Morgan fingerprint density at radius 2 is 2.17 bits per heavy atom. The zero-order valence-electron chi connectivity index (χ0n) is 8.03. The summed E-state index contributed by atoms with van der Waals surface area (Å²) in [6.45, 7) is 4.94. The summed E-state index contributed by atoms with van der Waals surface area (Å²) >= 11 is 0. The first-order valence-corrected chi connectivity index (χ1v) is 4.18. The first kappa shape index (κ1) is 11.9. The van der Waals surface area contributed by atoms with Crippen LogP contribution in [0.25, 0.3) is 0 Å². The molecule has 0 aromatic rings. The van der Waals surface area contributed by atoms with Gasteiger partial charge in [0.1, 0.15) is 0 Å². The maximum absolute atomic E-state index is 9.05. The molecular weight excluding hydrogens is 157 g/mol. The molecule has 0 unspecified atom stereocenters. The highest BCUT2D eigenvalue weighted by Gasteiger charge is 2.09. The molecule has 72 valence electrons. The van der Waals surface area contributed by atoms with Crippen LogP contribution in [0.2, 0.25) is 6.82 Å². The van der Waals surface area contributed by atoms with Crippen molar-refractivity contribution in [1.82, 2.24) is 4.81 Å². The van der Waals surface area contributed by atoms with Gasteiger partial charge < -0.3 is 19.7 Å². The van der Waals surface area contributed by atoms with Crippen molar-refractivity contribution >= 4 is 7.05 Å². The summed E-state index contributed by atoms with van der Waals surface area (Å²) in [6, 6.07) is 0. The highest BCUT2D eigenvalue weighted by Crippen LogP contribution is 1.88. The molecule has 0 aliphatic rings. The van der Waals surface area contributed by atoms with Gasteiger partial charge in [0.25, 0.3) is 0 Å². The molecule has 4 nitrogen and oxygen atoms in total. The first-order valence-electron chi connectivity index (χ1n) is 4.18. The number of aliphatic hydroxyl groups is 1. The summed E-state index contributed by atoms with van der Waals surface area (Å²) in [5.74, 6) is 0. The Balaban J connectivity index is 3.20. The lowest BCUT2D eigenvalue weighted by Gasteiger charge is -2.16. The van der Waals surface area contributed by atoms with E-state index in [0.29, 0.717) is 19.8 Å². The van der Waals surface area contributed by atoms with Crippen LogP contribution in [-0.2, 0) is 4.74 Å². The highest BCUT2D eigenvalue weighted by atomic mass is 16.5. The Kier molecular flexibility index (Phi) is 6.37. The second kappa shape index (κ2) is 6.42. The number of hydrogen-bond donors (Lipinski definition) is 2. The molecule has 0 radical (unpaired) electrons. The number of aliphatic hydroxyl groups excluding tert-OH is 1. The molecule has 0 heterocycles. The third-order valence-electron chi connectivity index (χ3n) is 1.59. The van der Waals surface area contributed by atoms with Gasteiger partial charge in [0.15, 0.2) is 0 Å². The third kappa shape index (κ3) is 6.60. The Hall–Kier alpha value is -0.0951. The summed E-state index contributed by atoms with van der Waals surface area (Å²) in [7, 11) is 1.37. The lowest BCUT2D eigenvalue weighted by molar-refractivity contribution is 0.0427. The number of ether oxygens (including phenoxy) is 1. The van der Waals surface area contributed by atoms with Crippen molar-refractivity contribution < 1.29 is 14.9 Å². The minimum atomic E-state index is -0.444. The van der Waals surface area contributed by atoms with Crippen molar-refractivity contribution in [2.75, 3.05) is 26.8 Å². The fourth-order valence-electron chi connectivity index (χ4n) is 0.649. The van der Waals surface area contributed by atoms with Gasteiger partial charge in [0.2, 0.25) is 0 Å². The quantitative estimate of drug-likeness (QED) is 0.419. The van der Waals surface area contributed by atoms with Gasteiger partial charge >= 0.3 is 7.05 Å². The van der Waals surface area contributed by atoms with Gasteiger partial charge in [0.05, 0.1) is 19.3 Å². The van der Waals surface area contributed by atoms with Crippen LogP contribution in [0.15, 0.2) is 0 Å². The van der Waals surface area contributed by atoms with E-state index in [0.717, 1.165) is 0 Å². The Morgan fingerprint density at radius 1 is 1.58 bits per heavy atom. The standard InChI is InChI=1S/C7H18BNO3/c1-7(10)6-12-5-4-9(3)8(2)11/h7,10-11H,4-6H2,1-3H3/t7-/m1/s1. The van der Waals surface area contributed by atoms with Gasteiger partial charge in [-0.2, -0.15) is 0 Å². The smallest absolute Gasteiger partial charge is 0.376 e. The van der Waals surface area contributed by atoms with Gasteiger partial charge in [-0.05, 0) is 20.8 Å². The molecule has 5 heteroatoms. The molecule has 0 amide bonds. The van der Waals surface area contributed by atoms with E-state index in [9.17, 15) is 0 Å². The van der Waals surface area contributed by atoms with Gasteiger partial charge in [-0.25, -0.2) is 0 Å². The van der Waals surface area contributed by atoms with Crippen molar-refractivity contribution in [2.45, 2.75) is 19.9 Å². The van der Waals surface area contributed by atoms with E-state index in [4.69, 9.17) is 14.9 Å². The maximum atomic E-state index is 9.05. The highest BCUT2D eigenvalue weighted by molar-refractivity contribution is 6.45. The normalized spacial score (nSPS) is 13.5. The van der Waals surface area contributed by atoms with Crippen LogP contribution in [0.5, 0.6) is 0 Å². The molecule has 0 rings (SSSR count). The zero-order chi connectivity index (χ0) is 9.56. The number of likely N-dealkylation sites (N-methyl/N-ethyl adjacent to an activating group) is 1. The van der Waals surface area contributed by atoms with Gasteiger partial charge in [-0.1, -0.05) is 0 Å². The monoisotopic (exact) mass is 175 g/mol. The third-order valence-corrected chi connectivity index (χ3v) is 1.59. The molecule has 0 spiro atoms. The summed E-state index contributed by atoms with van der Waals surface area (Å²) in [6.07, 6.45) is -0.415. The molecule has 0 aromatic heterocycles. The van der Waals surface area contributed by atoms with Crippen LogP contribution < -0.4 is 0 Å². The van der Waals surface area contributed by atoms with Crippen LogP contribution in [0.4, 0.5) is 0 Å². The Labute approximate surface area is 74.3 Å². The van der Waals surface area contributed by atoms with E-state index in [-0.39, 0.29) is 0 Å². The van der Waals surface area contributed by atoms with Crippen LogP contribution in [0, 0.1) is 0 Å². The largest absolute Gasteiger partial charge is 0.437 e. The molecule has 0 fully saturated rings. The molecular formula is C7H18BNO3. The molecule has 0 saturated carbocycles. The average molecular weight is 175 g/mol. The maximum Gasteiger partial charge on any atom is 0.376 e. The molecule has 0 aliphatic carbocycles. The number of hydrogen-bond acceptors (Lipinski definition) is 4. The number of rotatable bonds is 6. The van der Waals surface area contributed by atoms with E-state index >= 15 is 0 Å². The minimum Gasteiger partial charge on any atom is -0.437 e. The van der Waals surface area contributed by atoms with Gasteiger partial charge in [-0.3, -0.25) is 0 Å². The Morgan fingerprint density at radius 3 is 2.58 bits per heavy atom. The molecule has 12 heavy (non-hydrogen) atoms. The average Bonchev–Trinajstić information content (AvgIpc) is 1.97. The van der Waals surface area contributed by atoms with E-state index < -0.39 is 13.2 Å². The molecule has 0 bridgehead atoms. The minimum absolute atomic E-state index is 0.355. The second-order valence-electron chi connectivity index (χ2n) is 3.04. The zero-order valence-corrected chi connectivity index (χ0v) is 8.03. The van der Waals surface area contributed by atoms with Crippen molar-refractivity contribution in [3.8, 4) is 0 Å². The van der Waals surface area contributed by atoms with E-state index in [1.807, 2.05) is 7.05 Å². The van der Waals surface area contributed by atoms with Crippen molar-refractivity contribution in [2.24, 2.45) is 0 Å². The van der Waals surface area contributed by atoms with Gasteiger partial charge in [-0.15, -0.1) is 0 Å². The van der Waals surface area contributed by atoms with Crippen molar-refractivity contribution in [3.05, 3.63) is 0 Å². The van der Waals surface area contributed by atoms with Crippen LogP contribution in [0.3, 0.4) is 0 Å². The first-order chi connectivity index (χ1) is 5.54. The number of nitrogens with zero attached hydrogens (tertiary/aromatic N) is 1. The van der Waals surface area contributed by atoms with Crippen LogP contribution in [-0.4, -0.2) is 54.9 Å². The molecule has 2 N–H and O–H groups in total. The van der Waals surface area contributed by atoms with Crippen LogP contribution >= 0.6 is 0 Å². The predicted molar refractivity (Wildman–Crippen MR) is 49.0 cm³/mol. The van der Waals surface area contributed by atoms with E-state index in [2.05, 4.69) is 0 Å². The van der Waals surface area contributed by atoms with Crippen LogP contribution in [0.1, 0.15) is 6.92 Å². The lowest BCUT2D eigenvalue weighted by Crippen LogP contribution is -2.36. The summed E-state index contributed by atoms with van der Waals surface area (Å²) < 4.78 is 5.11. The summed E-state index contributed by atoms with van der Waals surface area (Å²) in [4.78, 5) is 1.77. The van der Waals surface area contributed by atoms with Gasteiger partial charge in [0, 0.05) is 6.54 Å². The Bertz CT molecular complexity index is 111. The topological polar surface area (TPSA) is 52.9 Å². The SMILES string of the molecule is CB(O)N(C)CCOC[C@@H](C)O. The second-order valence-corrected chi connectivity index (χ2v) is 3.04.